The molecule has 0 saturated heterocycles. The second-order valence-corrected chi connectivity index (χ2v) is 6.95. The molecule has 6 heteroatoms. The number of benzene rings is 1. The van der Waals surface area contributed by atoms with Crippen molar-refractivity contribution in [1.29, 1.82) is 0 Å². The van der Waals surface area contributed by atoms with Crippen molar-refractivity contribution in [3.8, 4) is 0 Å². The number of amides is 1. The molecule has 0 radical (unpaired) electrons. The van der Waals surface area contributed by atoms with Crippen LogP contribution in [-0.2, 0) is 18.3 Å². The highest BCUT2D eigenvalue weighted by molar-refractivity contribution is 6.31. The van der Waals surface area contributed by atoms with E-state index in [1.165, 1.54) is 5.56 Å². The van der Waals surface area contributed by atoms with Crippen LogP contribution in [0.5, 0.6) is 0 Å². The molecule has 0 spiro atoms. The highest BCUT2D eigenvalue weighted by atomic mass is 35.5. The number of aryl methyl sites for hydroxylation is 3. The summed E-state index contributed by atoms with van der Waals surface area (Å²) in [5, 5.41) is 9.26. The summed E-state index contributed by atoms with van der Waals surface area (Å²) in [6.07, 6.45) is 2.85. The van der Waals surface area contributed by atoms with E-state index in [1.54, 1.807) is 4.68 Å². The molecule has 3 aromatic rings. The Hall–Kier alpha value is -2.27. The summed E-state index contributed by atoms with van der Waals surface area (Å²) in [4.78, 5) is 12.4. The van der Waals surface area contributed by atoms with Gasteiger partial charge in [0.25, 0.3) is 0 Å². The minimum absolute atomic E-state index is 0.0236. The molecule has 0 fully saturated rings. The molecular formula is C19H23ClN4O. The first-order valence-corrected chi connectivity index (χ1v) is 8.78. The molecule has 5 nitrogen and oxygen atoms in total. The van der Waals surface area contributed by atoms with E-state index in [-0.39, 0.29) is 11.9 Å². The summed E-state index contributed by atoms with van der Waals surface area (Å²) < 4.78 is 3.85. The average molecular weight is 359 g/mol. The quantitative estimate of drug-likeness (QED) is 0.758. The summed E-state index contributed by atoms with van der Waals surface area (Å²) in [6.45, 7) is 6.34. The lowest BCUT2D eigenvalue weighted by molar-refractivity contribution is -0.124. The third-order valence-electron chi connectivity index (χ3n) is 4.52. The predicted molar refractivity (Wildman–Crippen MR) is 101 cm³/mol. The molecule has 0 unspecified atom stereocenters. The van der Waals surface area contributed by atoms with E-state index < -0.39 is 0 Å². The van der Waals surface area contributed by atoms with E-state index in [0.717, 1.165) is 33.7 Å². The molecule has 0 aliphatic carbocycles. The van der Waals surface area contributed by atoms with Crippen LogP contribution >= 0.6 is 11.6 Å². The van der Waals surface area contributed by atoms with Crippen molar-refractivity contribution >= 4 is 28.4 Å². The topological polar surface area (TPSA) is 51.9 Å². The van der Waals surface area contributed by atoms with Crippen molar-refractivity contribution in [3.05, 3.63) is 52.4 Å². The number of carbonyl (C=O) groups excluding carboxylic acids is 1. The minimum Gasteiger partial charge on any atom is -0.354 e. The predicted octanol–water partition coefficient (Wildman–Crippen LogP) is 3.56. The Morgan fingerprint density at radius 1 is 1.32 bits per heavy atom. The molecule has 132 valence electrons. The lowest BCUT2D eigenvalue weighted by atomic mass is 10.1. The first-order chi connectivity index (χ1) is 11.9. The SMILES string of the molecule is Cc1cc(C)n([C@@H](C)C(=O)NCCc2cn(C)c3ccc(Cl)cc23)n1. The van der Waals surface area contributed by atoms with Gasteiger partial charge in [-0.05, 0) is 57.0 Å². The summed E-state index contributed by atoms with van der Waals surface area (Å²) >= 11 is 6.12. The molecule has 25 heavy (non-hydrogen) atoms. The fraction of sp³-hybridized carbons (Fsp3) is 0.368. The Balaban J connectivity index is 1.66. The van der Waals surface area contributed by atoms with Crippen molar-refractivity contribution in [1.82, 2.24) is 19.7 Å². The molecule has 3 rings (SSSR count). The average Bonchev–Trinajstić information content (AvgIpc) is 3.05. The zero-order valence-corrected chi connectivity index (χ0v) is 15.8. The molecule has 0 aliphatic rings. The standard InChI is InChI=1S/C19H23ClN4O/c1-12-9-13(2)24(22-12)14(3)19(25)21-8-7-15-11-23(4)18-6-5-16(20)10-17(15)18/h5-6,9-11,14H,7-8H2,1-4H3,(H,21,25)/t14-/m0/s1. The van der Waals surface area contributed by atoms with Gasteiger partial charge in [0.1, 0.15) is 6.04 Å². The van der Waals surface area contributed by atoms with Crippen molar-refractivity contribution in [2.24, 2.45) is 7.05 Å². The van der Waals surface area contributed by atoms with Gasteiger partial charge in [-0.15, -0.1) is 0 Å². The largest absolute Gasteiger partial charge is 0.354 e. The number of rotatable bonds is 5. The highest BCUT2D eigenvalue weighted by Gasteiger charge is 2.17. The summed E-state index contributed by atoms with van der Waals surface area (Å²) in [6, 6.07) is 7.54. The Bertz CT molecular complexity index is 925. The molecule has 1 atom stereocenters. The zero-order chi connectivity index (χ0) is 18.1. The maximum absolute atomic E-state index is 12.4. The van der Waals surface area contributed by atoms with Gasteiger partial charge in [-0.25, -0.2) is 0 Å². The van der Waals surface area contributed by atoms with Gasteiger partial charge in [0, 0.05) is 41.4 Å². The second-order valence-electron chi connectivity index (χ2n) is 6.52. The van der Waals surface area contributed by atoms with Gasteiger partial charge in [0.05, 0.1) is 5.69 Å². The van der Waals surface area contributed by atoms with Crippen LogP contribution in [-0.4, -0.2) is 26.8 Å². The van der Waals surface area contributed by atoms with Crippen molar-refractivity contribution in [3.63, 3.8) is 0 Å². The summed E-state index contributed by atoms with van der Waals surface area (Å²) in [7, 11) is 2.02. The number of aromatic nitrogens is 3. The van der Waals surface area contributed by atoms with Crippen LogP contribution in [0.15, 0.2) is 30.5 Å². The Morgan fingerprint density at radius 2 is 2.08 bits per heavy atom. The van der Waals surface area contributed by atoms with Gasteiger partial charge in [0.15, 0.2) is 0 Å². The number of carbonyl (C=O) groups is 1. The Morgan fingerprint density at radius 3 is 2.76 bits per heavy atom. The lowest BCUT2D eigenvalue weighted by Gasteiger charge is -2.14. The van der Waals surface area contributed by atoms with Crippen LogP contribution in [0.3, 0.4) is 0 Å². The van der Waals surface area contributed by atoms with Crippen LogP contribution in [0.1, 0.15) is 29.9 Å². The van der Waals surface area contributed by atoms with Crippen molar-refractivity contribution in [2.75, 3.05) is 6.54 Å². The number of hydrogen-bond acceptors (Lipinski definition) is 2. The van der Waals surface area contributed by atoms with Crippen LogP contribution in [0.2, 0.25) is 5.02 Å². The van der Waals surface area contributed by atoms with Crippen molar-refractivity contribution < 1.29 is 4.79 Å². The fourth-order valence-electron chi connectivity index (χ4n) is 3.26. The van der Waals surface area contributed by atoms with Crippen molar-refractivity contribution in [2.45, 2.75) is 33.2 Å². The summed E-state index contributed by atoms with van der Waals surface area (Å²) in [5.74, 6) is -0.0236. The molecule has 1 N–H and O–H groups in total. The van der Waals surface area contributed by atoms with Gasteiger partial charge in [-0.3, -0.25) is 9.48 Å². The minimum atomic E-state index is -0.323. The number of fused-ring (bicyclic) bond motifs is 1. The second kappa shape index (κ2) is 6.92. The normalized spacial score (nSPS) is 12.5. The molecule has 1 amide bonds. The molecular weight excluding hydrogens is 336 g/mol. The van der Waals surface area contributed by atoms with E-state index in [4.69, 9.17) is 11.6 Å². The fourth-order valence-corrected chi connectivity index (χ4v) is 3.43. The monoisotopic (exact) mass is 358 g/mol. The lowest BCUT2D eigenvalue weighted by Crippen LogP contribution is -2.33. The van der Waals surface area contributed by atoms with Gasteiger partial charge in [0.2, 0.25) is 5.91 Å². The highest BCUT2D eigenvalue weighted by Crippen LogP contribution is 2.24. The van der Waals surface area contributed by atoms with Gasteiger partial charge in [-0.2, -0.15) is 5.10 Å². The van der Waals surface area contributed by atoms with Crippen LogP contribution < -0.4 is 5.32 Å². The Kier molecular flexibility index (Phi) is 4.86. The number of hydrogen-bond donors (Lipinski definition) is 1. The molecule has 1 aromatic carbocycles. The van der Waals surface area contributed by atoms with E-state index in [2.05, 4.69) is 21.2 Å². The van der Waals surface area contributed by atoms with Crippen LogP contribution in [0, 0.1) is 13.8 Å². The van der Waals surface area contributed by atoms with Gasteiger partial charge >= 0.3 is 0 Å². The summed E-state index contributed by atoms with van der Waals surface area (Å²) in [5.41, 5.74) is 4.23. The van der Waals surface area contributed by atoms with Gasteiger partial charge < -0.3 is 9.88 Å². The van der Waals surface area contributed by atoms with Crippen LogP contribution in [0.25, 0.3) is 10.9 Å². The van der Waals surface area contributed by atoms with E-state index >= 15 is 0 Å². The third kappa shape index (κ3) is 3.56. The third-order valence-corrected chi connectivity index (χ3v) is 4.75. The first-order valence-electron chi connectivity index (χ1n) is 8.40. The number of nitrogens with one attached hydrogen (secondary N) is 1. The first kappa shape index (κ1) is 17.5. The van der Waals surface area contributed by atoms with Gasteiger partial charge in [-0.1, -0.05) is 11.6 Å². The number of halogens is 1. The molecule has 2 aromatic heterocycles. The van der Waals surface area contributed by atoms with Crippen LogP contribution in [0.4, 0.5) is 0 Å². The molecule has 0 saturated carbocycles. The molecule has 2 heterocycles. The molecule has 0 aliphatic heterocycles. The maximum atomic E-state index is 12.4. The smallest absolute Gasteiger partial charge is 0.244 e. The van der Waals surface area contributed by atoms with E-state index in [0.29, 0.717) is 6.54 Å². The zero-order valence-electron chi connectivity index (χ0n) is 15.0. The number of nitrogens with zero attached hydrogens (tertiary/aromatic N) is 3. The van der Waals surface area contributed by atoms with E-state index in [1.807, 2.05) is 52.1 Å². The molecule has 0 bridgehead atoms. The Labute approximate surface area is 152 Å². The van der Waals surface area contributed by atoms with E-state index in [9.17, 15) is 4.79 Å². The maximum Gasteiger partial charge on any atom is 0.244 e.